The first kappa shape index (κ1) is 47.3. The molecule has 0 aliphatic heterocycles. The molecule has 0 aliphatic rings. The molecular formula is C45H70O6. The van der Waals surface area contributed by atoms with Crippen LogP contribution in [0, 0.1) is 0 Å². The van der Waals surface area contributed by atoms with Crippen LogP contribution < -0.4 is 0 Å². The average Bonchev–Trinajstić information content (AvgIpc) is 3.12. The van der Waals surface area contributed by atoms with Gasteiger partial charge in [0, 0.05) is 19.3 Å². The Balaban J connectivity index is 4.60. The van der Waals surface area contributed by atoms with Crippen LogP contribution in [0.3, 0.4) is 0 Å². The quantitative estimate of drug-likeness (QED) is 0.0222. The minimum Gasteiger partial charge on any atom is -0.462 e. The summed E-state index contributed by atoms with van der Waals surface area (Å²) in [5, 5.41) is 0. The molecule has 0 aromatic heterocycles. The molecule has 0 N–H and O–H groups in total. The van der Waals surface area contributed by atoms with Crippen molar-refractivity contribution in [3.63, 3.8) is 0 Å². The van der Waals surface area contributed by atoms with Crippen LogP contribution in [0.4, 0.5) is 0 Å². The zero-order chi connectivity index (χ0) is 37.3. The van der Waals surface area contributed by atoms with Gasteiger partial charge in [-0.3, -0.25) is 14.4 Å². The van der Waals surface area contributed by atoms with E-state index in [1.165, 1.54) is 38.5 Å². The Bertz CT molecular complexity index is 1090. The van der Waals surface area contributed by atoms with Gasteiger partial charge in [-0.15, -0.1) is 0 Å². The fraction of sp³-hybridized carbons (Fsp3) is 0.578. The van der Waals surface area contributed by atoms with Crippen LogP contribution in [0.15, 0.2) is 97.2 Å². The summed E-state index contributed by atoms with van der Waals surface area (Å²) < 4.78 is 16.5. The van der Waals surface area contributed by atoms with Gasteiger partial charge in [-0.2, -0.15) is 0 Å². The van der Waals surface area contributed by atoms with Crippen molar-refractivity contribution in [2.75, 3.05) is 13.2 Å². The number of unbranched alkanes of at least 4 members (excludes halogenated alkanes) is 10. The second kappa shape index (κ2) is 39.1. The molecule has 286 valence electrons. The molecule has 0 saturated heterocycles. The van der Waals surface area contributed by atoms with Crippen LogP contribution in [0.1, 0.15) is 149 Å². The molecule has 6 nitrogen and oxygen atoms in total. The van der Waals surface area contributed by atoms with E-state index >= 15 is 0 Å². The first-order valence-corrected chi connectivity index (χ1v) is 19.8. The number of hydrogen-bond donors (Lipinski definition) is 0. The normalized spacial score (nSPS) is 13.1. The molecule has 1 atom stereocenters. The highest BCUT2D eigenvalue weighted by molar-refractivity contribution is 5.71. The van der Waals surface area contributed by atoms with Gasteiger partial charge in [0.2, 0.25) is 0 Å². The zero-order valence-corrected chi connectivity index (χ0v) is 32.3. The summed E-state index contributed by atoms with van der Waals surface area (Å²) in [6, 6.07) is 0. The molecule has 0 saturated carbocycles. The number of rotatable bonds is 33. The maximum Gasteiger partial charge on any atom is 0.306 e. The van der Waals surface area contributed by atoms with Gasteiger partial charge in [0.15, 0.2) is 6.10 Å². The molecule has 0 radical (unpaired) electrons. The van der Waals surface area contributed by atoms with E-state index in [4.69, 9.17) is 14.2 Å². The maximum atomic E-state index is 12.6. The minimum atomic E-state index is -0.827. The van der Waals surface area contributed by atoms with Crippen molar-refractivity contribution in [3.05, 3.63) is 97.2 Å². The molecule has 6 heteroatoms. The van der Waals surface area contributed by atoms with E-state index in [1.807, 2.05) is 54.7 Å². The lowest BCUT2D eigenvalue weighted by molar-refractivity contribution is -0.167. The summed E-state index contributed by atoms with van der Waals surface area (Å²) in [7, 11) is 0. The van der Waals surface area contributed by atoms with Crippen molar-refractivity contribution in [2.45, 2.75) is 155 Å². The Morgan fingerprint density at radius 3 is 1.43 bits per heavy atom. The molecule has 0 heterocycles. The Labute approximate surface area is 311 Å². The van der Waals surface area contributed by atoms with Gasteiger partial charge in [-0.25, -0.2) is 0 Å². The van der Waals surface area contributed by atoms with Crippen molar-refractivity contribution < 1.29 is 28.6 Å². The highest BCUT2D eigenvalue weighted by Crippen LogP contribution is 2.12. The monoisotopic (exact) mass is 707 g/mol. The Morgan fingerprint density at radius 1 is 0.431 bits per heavy atom. The summed E-state index contributed by atoms with van der Waals surface area (Å²) in [6.07, 6.45) is 49.8. The van der Waals surface area contributed by atoms with Gasteiger partial charge >= 0.3 is 17.9 Å². The number of allylic oxidation sites excluding steroid dienone is 16. The average molecular weight is 707 g/mol. The smallest absolute Gasteiger partial charge is 0.306 e. The third kappa shape index (κ3) is 37.4. The van der Waals surface area contributed by atoms with E-state index in [0.29, 0.717) is 19.3 Å². The van der Waals surface area contributed by atoms with Gasteiger partial charge in [0.1, 0.15) is 13.2 Å². The van der Waals surface area contributed by atoms with E-state index in [0.717, 1.165) is 57.8 Å². The molecule has 0 bridgehead atoms. The molecule has 0 aromatic carbocycles. The number of carbonyl (C=O) groups is 3. The summed E-state index contributed by atoms with van der Waals surface area (Å²) in [5.74, 6) is -1.07. The molecule has 0 amide bonds. The summed E-state index contributed by atoms with van der Waals surface area (Å²) in [6.45, 7) is 6.19. The SMILES string of the molecule is CC\C=C/C=C\C=C/C=C\C=C/CCCC(=O)OCC(COC(=O)CCCCCCCCCCC)OC(=O)CCC/C=C\C/C=C\C/C=C\CC. The molecule has 0 aliphatic carbocycles. The summed E-state index contributed by atoms with van der Waals surface area (Å²) in [5.41, 5.74) is 0. The number of ether oxygens (including phenoxy) is 3. The molecule has 51 heavy (non-hydrogen) atoms. The topological polar surface area (TPSA) is 78.9 Å². The maximum absolute atomic E-state index is 12.6. The summed E-state index contributed by atoms with van der Waals surface area (Å²) >= 11 is 0. The van der Waals surface area contributed by atoms with E-state index in [-0.39, 0.29) is 44.0 Å². The van der Waals surface area contributed by atoms with Crippen LogP contribution in [0.5, 0.6) is 0 Å². The fourth-order valence-corrected chi connectivity index (χ4v) is 4.79. The molecule has 0 fully saturated rings. The van der Waals surface area contributed by atoms with Gasteiger partial charge in [-0.1, -0.05) is 169 Å². The molecule has 0 rings (SSSR count). The van der Waals surface area contributed by atoms with Gasteiger partial charge in [0.05, 0.1) is 0 Å². The molecular weight excluding hydrogens is 636 g/mol. The van der Waals surface area contributed by atoms with Gasteiger partial charge in [0.25, 0.3) is 0 Å². The second-order valence-electron chi connectivity index (χ2n) is 12.6. The Hall–Kier alpha value is -3.67. The second-order valence-corrected chi connectivity index (χ2v) is 12.6. The minimum absolute atomic E-state index is 0.121. The van der Waals surface area contributed by atoms with Gasteiger partial charge in [-0.05, 0) is 57.8 Å². The first-order valence-electron chi connectivity index (χ1n) is 19.8. The van der Waals surface area contributed by atoms with Crippen LogP contribution >= 0.6 is 0 Å². The lowest BCUT2D eigenvalue weighted by Crippen LogP contribution is -2.30. The summed E-state index contributed by atoms with van der Waals surface area (Å²) in [4.78, 5) is 37.4. The predicted molar refractivity (Wildman–Crippen MR) is 214 cm³/mol. The van der Waals surface area contributed by atoms with E-state index < -0.39 is 6.10 Å². The van der Waals surface area contributed by atoms with Crippen molar-refractivity contribution in [3.8, 4) is 0 Å². The third-order valence-electron chi connectivity index (χ3n) is 7.71. The fourth-order valence-electron chi connectivity index (χ4n) is 4.79. The van der Waals surface area contributed by atoms with Crippen LogP contribution in [0.25, 0.3) is 0 Å². The number of hydrogen-bond acceptors (Lipinski definition) is 6. The Kier molecular flexibility index (Phi) is 36.3. The predicted octanol–water partition coefficient (Wildman–Crippen LogP) is 12.3. The highest BCUT2D eigenvalue weighted by atomic mass is 16.6. The third-order valence-corrected chi connectivity index (χ3v) is 7.71. The number of esters is 3. The molecule has 0 spiro atoms. The van der Waals surface area contributed by atoms with Crippen molar-refractivity contribution in [2.24, 2.45) is 0 Å². The zero-order valence-electron chi connectivity index (χ0n) is 32.3. The van der Waals surface area contributed by atoms with E-state index in [2.05, 4.69) is 63.3 Å². The first-order chi connectivity index (χ1) is 25.0. The lowest BCUT2D eigenvalue weighted by atomic mass is 10.1. The van der Waals surface area contributed by atoms with Crippen molar-refractivity contribution in [1.82, 2.24) is 0 Å². The van der Waals surface area contributed by atoms with Crippen LogP contribution in [0.2, 0.25) is 0 Å². The standard InChI is InChI=1S/C45H70O6/c1-4-7-10-13-16-19-21-22-24-26-29-32-35-38-44(47)50-41-42(40-49-43(46)37-34-31-28-25-18-15-12-9-6-3)51-45(48)39-36-33-30-27-23-20-17-14-11-8-5-2/h7-8,10-11,13,16-17,19-22,24,26-27,29-30,42H,4-6,9,12,14-15,18,23,25,28,31-41H2,1-3H3/b10-7-,11-8-,16-13-,20-17-,21-19-,24-22-,29-26-,30-27-. The lowest BCUT2D eigenvalue weighted by Gasteiger charge is -2.18. The number of carbonyl (C=O) groups excluding carboxylic acids is 3. The largest absolute Gasteiger partial charge is 0.462 e. The van der Waals surface area contributed by atoms with Crippen molar-refractivity contribution in [1.29, 1.82) is 0 Å². The van der Waals surface area contributed by atoms with E-state index in [9.17, 15) is 14.4 Å². The van der Waals surface area contributed by atoms with E-state index in [1.54, 1.807) is 0 Å². The molecule has 1 unspecified atom stereocenters. The van der Waals surface area contributed by atoms with Gasteiger partial charge < -0.3 is 14.2 Å². The van der Waals surface area contributed by atoms with Crippen LogP contribution in [-0.4, -0.2) is 37.2 Å². The highest BCUT2D eigenvalue weighted by Gasteiger charge is 2.19. The molecule has 0 aromatic rings. The van der Waals surface area contributed by atoms with Crippen LogP contribution in [-0.2, 0) is 28.6 Å². The van der Waals surface area contributed by atoms with Crippen molar-refractivity contribution >= 4 is 17.9 Å². The Morgan fingerprint density at radius 2 is 0.863 bits per heavy atom.